The van der Waals surface area contributed by atoms with Crippen LogP contribution in [0.1, 0.15) is 5.56 Å². The van der Waals surface area contributed by atoms with E-state index < -0.39 is 7.92 Å². The first-order valence-electron chi connectivity index (χ1n) is 7.51. The Morgan fingerprint density at radius 1 is 0.957 bits per heavy atom. The maximum absolute atomic E-state index is 11.7. The highest BCUT2D eigenvalue weighted by atomic mass is 31.1. The summed E-state index contributed by atoms with van der Waals surface area (Å²) in [6.45, 7) is 0. The smallest absolute Gasteiger partial charge is 0.297 e. The first-order valence-corrected chi connectivity index (χ1v) is 8.85. The third-order valence-electron chi connectivity index (χ3n) is 3.71. The topological polar surface area (TPSA) is 26.3 Å². The summed E-state index contributed by atoms with van der Waals surface area (Å²) in [4.78, 5) is 11.7. The lowest BCUT2D eigenvalue weighted by molar-refractivity contribution is -0.139. The van der Waals surface area contributed by atoms with E-state index in [4.69, 9.17) is 4.74 Å². The average Bonchev–Trinajstić information content (AvgIpc) is 3.05. The fourth-order valence-electron chi connectivity index (χ4n) is 2.62. The second kappa shape index (κ2) is 7.30. The van der Waals surface area contributed by atoms with Crippen molar-refractivity contribution in [2.45, 2.75) is 6.42 Å². The predicted octanol–water partition coefficient (Wildman–Crippen LogP) is 2.88. The third kappa shape index (κ3) is 3.55. The third-order valence-corrected chi connectivity index (χ3v) is 6.26. The summed E-state index contributed by atoms with van der Waals surface area (Å²) in [6, 6.07) is 27.1. The molecule has 0 radical (unpaired) electrons. The molecule has 0 bridgehead atoms. The Hall–Kier alpha value is -2.31. The number of benzene rings is 2. The minimum absolute atomic E-state index is 0.200. The van der Waals surface area contributed by atoms with E-state index in [9.17, 15) is 4.79 Å². The molecule has 0 saturated heterocycles. The molecule has 23 heavy (non-hydrogen) atoms. The molecule has 3 aromatic rings. The van der Waals surface area contributed by atoms with Gasteiger partial charge in [0, 0.05) is 6.42 Å². The monoisotopic (exact) mass is 321 g/mol. The molecule has 0 spiro atoms. The van der Waals surface area contributed by atoms with Crippen molar-refractivity contribution in [3.63, 3.8) is 0 Å². The van der Waals surface area contributed by atoms with Gasteiger partial charge in [0.1, 0.15) is 0 Å². The number of methoxy groups -OCH3 is 1. The number of hydrogen-bond acceptors (Lipinski definition) is 2. The van der Waals surface area contributed by atoms with E-state index in [1.54, 1.807) is 0 Å². The van der Waals surface area contributed by atoms with E-state index in [1.165, 1.54) is 23.0 Å². The molecule has 0 amide bonds. The molecule has 2 nitrogen and oxygen atoms in total. The van der Waals surface area contributed by atoms with E-state index in [1.807, 2.05) is 24.3 Å². The summed E-state index contributed by atoms with van der Waals surface area (Å²) >= 11 is 0. The van der Waals surface area contributed by atoms with Crippen molar-refractivity contribution in [2.75, 3.05) is 7.11 Å². The molecular weight excluding hydrogens is 303 g/mol. The summed E-state index contributed by atoms with van der Waals surface area (Å²) in [5.74, 6) is -0.200. The van der Waals surface area contributed by atoms with Crippen molar-refractivity contribution in [3.05, 3.63) is 84.4 Å². The largest absolute Gasteiger partial charge is 0.470 e. The van der Waals surface area contributed by atoms with E-state index in [2.05, 4.69) is 54.6 Å². The average molecular weight is 321 g/mol. The second-order valence-electron chi connectivity index (χ2n) is 5.20. The molecule has 3 aromatic carbocycles. The van der Waals surface area contributed by atoms with Gasteiger partial charge < -0.3 is 4.74 Å². The van der Waals surface area contributed by atoms with Crippen LogP contribution in [0, 0.1) is 0 Å². The van der Waals surface area contributed by atoms with Crippen LogP contribution in [-0.4, -0.2) is 13.1 Å². The van der Waals surface area contributed by atoms with Gasteiger partial charge in [-0.25, -0.2) is 6.07 Å². The van der Waals surface area contributed by atoms with Gasteiger partial charge in [0.15, 0.2) is 0 Å². The van der Waals surface area contributed by atoms with Crippen LogP contribution in [0.5, 0.6) is 0 Å². The molecule has 0 N–H and O–H groups in total. The number of carbonyl (C=O) groups excluding carboxylic acids is 1. The van der Waals surface area contributed by atoms with Crippen molar-refractivity contribution in [3.8, 4) is 0 Å². The summed E-state index contributed by atoms with van der Waals surface area (Å²) in [5.41, 5.74) is 1.05. The first-order chi connectivity index (χ1) is 11.3. The summed E-state index contributed by atoms with van der Waals surface area (Å²) < 4.78 is 4.84. The molecule has 3 heteroatoms. The Morgan fingerprint density at radius 2 is 1.52 bits per heavy atom. The molecule has 0 saturated carbocycles. The molecule has 0 aliphatic heterocycles. The fourth-order valence-corrected chi connectivity index (χ4v) is 5.10. The van der Waals surface area contributed by atoms with E-state index >= 15 is 0 Å². The van der Waals surface area contributed by atoms with Gasteiger partial charge >= 0.3 is 0 Å². The van der Waals surface area contributed by atoms with Gasteiger partial charge in [-0.05, 0) is 18.5 Å². The van der Waals surface area contributed by atoms with Crippen molar-refractivity contribution in [1.82, 2.24) is 0 Å². The molecule has 0 aliphatic rings. The highest BCUT2D eigenvalue weighted by molar-refractivity contribution is 7.79. The van der Waals surface area contributed by atoms with Crippen LogP contribution in [0.4, 0.5) is 0 Å². The number of esters is 1. The highest BCUT2D eigenvalue weighted by Crippen LogP contribution is 2.34. The van der Waals surface area contributed by atoms with E-state index in [0.717, 1.165) is 5.56 Å². The first kappa shape index (κ1) is 15.6. The summed E-state index contributed by atoms with van der Waals surface area (Å²) in [6.07, 6.45) is 0.317. The Balaban J connectivity index is 2.07. The molecule has 0 aromatic heterocycles. The zero-order valence-corrected chi connectivity index (χ0v) is 13.9. The molecular formula is C20H18O2P-. The van der Waals surface area contributed by atoms with E-state index in [0.29, 0.717) is 6.42 Å². The lowest BCUT2D eigenvalue weighted by Crippen LogP contribution is -2.23. The van der Waals surface area contributed by atoms with Gasteiger partial charge in [0.2, 0.25) is 0 Å². The molecule has 116 valence electrons. The van der Waals surface area contributed by atoms with Gasteiger partial charge in [-0.3, -0.25) is 4.79 Å². The Kier molecular flexibility index (Phi) is 4.95. The maximum Gasteiger partial charge on any atom is 0.297 e. The quantitative estimate of drug-likeness (QED) is 0.410. The molecule has 0 fully saturated rings. The fraction of sp³-hybridized carbons (Fsp3) is 0.100. The number of rotatable bonds is 5. The minimum Gasteiger partial charge on any atom is -0.470 e. The SMILES string of the molecule is COC(=O)Cc1cc[cH-]c1P(c1ccccc1)c1ccccc1. The second-order valence-corrected chi connectivity index (χ2v) is 7.38. The lowest BCUT2D eigenvalue weighted by atomic mass is 10.2. The molecule has 0 heterocycles. The van der Waals surface area contributed by atoms with Gasteiger partial charge in [-0.15, -0.1) is 5.30 Å². The standard InChI is InChI=1S/C20H18O2P/c1-22-20(21)15-16-9-8-14-19(16)23(17-10-4-2-5-11-17)18-12-6-3-7-13-18/h2-14H,15H2,1H3/q-1. The van der Waals surface area contributed by atoms with Gasteiger partial charge in [-0.2, -0.15) is 17.7 Å². The highest BCUT2D eigenvalue weighted by Gasteiger charge is 2.15. The molecule has 0 aliphatic carbocycles. The normalized spacial score (nSPS) is 10.7. The van der Waals surface area contributed by atoms with Crippen LogP contribution in [0.25, 0.3) is 0 Å². The van der Waals surface area contributed by atoms with Crippen molar-refractivity contribution in [1.29, 1.82) is 0 Å². The number of ether oxygens (including phenoxy) is 1. The van der Waals surface area contributed by atoms with Gasteiger partial charge in [0.25, 0.3) is 5.97 Å². The minimum atomic E-state index is -0.673. The van der Waals surface area contributed by atoms with Crippen LogP contribution in [0.3, 0.4) is 0 Å². The number of carbonyl (C=O) groups is 1. The Labute approximate surface area is 137 Å². The van der Waals surface area contributed by atoms with Crippen molar-refractivity contribution in [2.24, 2.45) is 0 Å². The zero-order chi connectivity index (χ0) is 16.1. The Bertz CT molecular complexity index is 723. The van der Waals surface area contributed by atoms with Crippen LogP contribution < -0.4 is 15.9 Å². The van der Waals surface area contributed by atoms with Gasteiger partial charge in [-0.1, -0.05) is 60.7 Å². The van der Waals surface area contributed by atoms with Crippen LogP contribution in [0.15, 0.2) is 78.9 Å². The molecule has 0 unspecified atom stereocenters. The van der Waals surface area contributed by atoms with Crippen LogP contribution in [-0.2, 0) is 16.0 Å². The van der Waals surface area contributed by atoms with E-state index in [-0.39, 0.29) is 5.97 Å². The summed E-state index contributed by atoms with van der Waals surface area (Å²) in [7, 11) is 0.760. The van der Waals surface area contributed by atoms with Gasteiger partial charge in [0.05, 0.1) is 7.11 Å². The van der Waals surface area contributed by atoms with Crippen LogP contribution in [0.2, 0.25) is 0 Å². The Morgan fingerprint density at radius 3 is 2.04 bits per heavy atom. The predicted molar refractivity (Wildman–Crippen MR) is 96.5 cm³/mol. The van der Waals surface area contributed by atoms with Crippen molar-refractivity contribution < 1.29 is 9.53 Å². The van der Waals surface area contributed by atoms with Crippen LogP contribution >= 0.6 is 7.92 Å². The summed E-state index contributed by atoms with van der Waals surface area (Å²) in [5, 5.41) is 3.79. The lowest BCUT2D eigenvalue weighted by Gasteiger charge is -2.24. The maximum atomic E-state index is 11.7. The zero-order valence-electron chi connectivity index (χ0n) is 13.0. The molecule has 3 rings (SSSR count). The number of hydrogen-bond donors (Lipinski definition) is 0. The molecule has 0 atom stereocenters. The van der Waals surface area contributed by atoms with Crippen molar-refractivity contribution >= 4 is 29.8 Å².